The molecule has 1 N–H and O–H groups in total. The van der Waals surface area contributed by atoms with E-state index in [1.807, 2.05) is 54.2 Å². The van der Waals surface area contributed by atoms with Crippen LogP contribution in [0, 0.1) is 22.7 Å². The van der Waals surface area contributed by atoms with Gasteiger partial charge in [0.15, 0.2) is 0 Å². The fraction of sp³-hybridized carbons (Fsp3) is 0.103. The Bertz CT molecular complexity index is 1580. The molecule has 5 aromatic rings. The fourth-order valence-electron chi connectivity index (χ4n) is 4.36. The molecule has 168 valence electrons. The third kappa shape index (κ3) is 4.39. The molecule has 0 amide bonds. The van der Waals surface area contributed by atoms with Crippen LogP contribution in [0.2, 0.25) is 0 Å². The molecule has 1 atom stereocenters. The number of aryl methyl sites for hydroxylation is 1. The minimum Gasteiger partial charge on any atom is -0.336 e. The zero-order valence-electron chi connectivity index (χ0n) is 19.2. The second-order valence-corrected chi connectivity index (χ2v) is 8.34. The van der Waals surface area contributed by atoms with Crippen LogP contribution in [0.25, 0.3) is 21.9 Å². The lowest BCUT2D eigenvalue weighted by Gasteiger charge is -2.21. The normalized spacial score (nSPS) is 11.6. The molecule has 0 aliphatic rings. The monoisotopic (exact) mass is 454 g/mol. The van der Waals surface area contributed by atoms with Crippen molar-refractivity contribution >= 4 is 10.8 Å². The number of rotatable bonds is 6. The van der Waals surface area contributed by atoms with Crippen molar-refractivity contribution in [1.29, 1.82) is 10.5 Å². The Kier molecular flexibility index (Phi) is 6.05. The van der Waals surface area contributed by atoms with Crippen molar-refractivity contribution in [2.24, 2.45) is 7.05 Å². The molecule has 0 aliphatic heterocycles. The van der Waals surface area contributed by atoms with Crippen molar-refractivity contribution in [3.05, 3.63) is 120 Å². The molecular formula is C29H22N6. The molecule has 0 fully saturated rings. The molecule has 0 spiro atoms. The van der Waals surface area contributed by atoms with Crippen LogP contribution in [-0.2, 0) is 13.6 Å². The Balaban J connectivity index is 1.58. The summed E-state index contributed by atoms with van der Waals surface area (Å²) in [6, 6.07) is 28.3. The minimum absolute atomic E-state index is 0.179. The van der Waals surface area contributed by atoms with Crippen LogP contribution in [-0.4, -0.2) is 14.5 Å². The van der Waals surface area contributed by atoms with Crippen molar-refractivity contribution in [3.8, 4) is 23.3 Å². The van der Waals surface area contributed by atoms with E-state index in [2.05, 4.69) is 57.8 Å². The van der Waals surface area contributed by atoms with Gasteiger partial charge in [-0.2, -0.15) is 10.5 Å². The molecule has 0 saturated heterocycles. The Morgan fingerprint density at radius 1 is 0.914 bits per heavy atom. The van der Waals surface area contributed by atoms with Crippen LogP contribution in [0.1, 0.15) is 34.1 Å². The lowest BCUT2D eigenvalue weighted by molar-refractivity contribution is 0.567. The number of pyridine rings is 1. The van der Waals surface area contributed by atoms with E-state index in [0.29, 0.717) is 17.7 Å². The molecule has 2 aromatic heterocycles. The average molecular weight is 455 g/mol. The summed E-state index contributed by atoms with van der Waals surface area (Å²) in [4.78, 5) is 8.72. The molecule has 2 heterocycles. The second kappa shape index (κ2) is 9.61. The summed E-state index contributed by atoms with van der Waals surface area (Å²) in [6.45, 7) is 0.505. The van der Waals surface area contributed by atoms with Crippen molar-refractivity contribution in [2.75, 3.05) is 0 Å². The molecule has 3 aromatic carbocycles. The number of hydrogen-bond acceptors (Lipinski definition) is 5. The standard InChI is InChI=1S/C29H22N6/c1-35-19-32-18-28(35)29(34-17-24-12-9-20(14-30)16-33-24)22-10-11-23(15-31)27(13-22)26-8-4-6-21-5-2-3-7-25(21)26/h2-13,16,18-19,29,34H,17H2,1H3. The van der Waals surface area contributed by atoms with Gasteiger partial charge in [-0.1, -0.05) is 48.5 Å². The van der Waals surface area contributed by atoms with Gasteiger partial charge in [-0.25, -0.2) is 4.98 Å². The third-order valence-electron chi connectivity index (χ3n) is 6.17. The summed E-state index contributed by atoms with van der Waals surface area (Å²) >= 11 is 0. The lowest BCUT2D eigenvalue weighted by atomic mass is 9.91. The Morgan fingerprint density at radius 2 is 1.77 bits per heavy atom. The largest absolute Gasteiger partial charge is 0.336 e. The quantitative estimate of drug-likeness (QED) is 0.378. The number of hydrogen-bond donors (Lipinski definition) is 1. The SMILES string of the molecule is Cn1cncc1C(NCc1ccc(C#N)cn1)c1ccc(C#N)c(-c2cccc3ccccc23)c1. The molecular weight excluding hydrogens is 432 g/mol. The van der Waals surface area contributed by atoms with E-state index in [1.165, 1.54) is 0 Å². The van der Waals surface area contributed by atoms with Crippen LogP contribution >= 0.6 is 0 Å². The summed E-state index contributed by atoms with van der Waals surface area (Å²) in [5, 5.41) is 24.8. The van der Waals surface area contributed by atoms with Gasteiger partial charge in [0, 0.05) is 25.4 Å². The topological polar surface area (TPSA) is 90.3 Å². The van der Waals surface area contributed by atoms with Crippen LogP contribution in [0.4, 0.5) is 0 Å². The first-order chi connectivity index (χ1) is 17.2. The van der Waals surface area contributed by atoms with Gasteiger partial charge in [0.05, 0.1) is 47.1 Å². The Hall–Kier alpha value is -4.78. The molecule has 6 heteroatoms. The lowest BCUT2D eigenvalue weighted by Crippen LogP contribution is -2.24. The molecule has 0 aliphatic carbocycles. The molecule has 6 nitrogen and oxygen atoms in total. The van der Waals surface area contributed by atoms with E-state index in [0.717, 1.165) is 38.9 Å². The van der Waals surface area contributed by atoms with E-state index < -0.39 is 0 Å². The summed E-state index contributed by atoms with van der Waals surface area (Å²) in [6.07, 6.45) is 5.20. The molecule has 0 radical (unpaired) electrons. The van der Waals surface area contributed by atoms with Crippen LogP contribution in [0.5, 0.6) is 0 Å². The van der Waals surface area contributed by atoms with E-state index in [-0.39, 0.29) is 6.04 Å². The van der Waals surface area contributed by atoms with Gasteiger partial charge in [-0.15, -0.1) is 0 Å². The summed E-state index contributed by atoms with van der Waals surface area (Å²) in [7, 11) is 1.96. The molecule has 1 unspecified atom stereocenters. The predicted molar refractivity (Wildman–Crippen MR) is 135 cm³/mol. The van der Waals surface area contributed by atoms with Gasteiger partial charge in [0.2, 0.25) is 0 Å². The van der Waals surface area contributed by atoms with Crippen LogP contribution < -0.4 is 5.32 Å². The van der Waals surface area contributed by atoms with Gasteiger partial charge in [0.1, 0.15) is 6.07 Å². The smallest absolute Gasteiger partial charge is 0.101 e. The molecule has 5 rings (SSSR count). The number of nitrogens with zero attached hydrogens (tertiary/aromatic N) is 5. The highest BCUT2D eigenvalue weighted by Gasteiger charge is 2.20. The van der Waals surface area contributed by atoms with E-state index in [4.69, 9.17) is 5.26 Å². The van der Waals surface area contributed by atoms with Crippen molar-refractivity contribution in [1.82, 2.24) is 19.9 Å². The zero-order valence-corrected chi connectivity index (χ0v) is 19.2. The number of imidazole rings is 1. The van der Waals surface area contributed by atoms with E-state index >= 15 is 0 Å². The van der Waals surface area contributed by atoms with Gasteiger partial charge in [-0.3, -0.25) is 10.3 Å². The maximum absolute atomic E-state index is 9.89. The highest BCUT2D eigenvalue weighted by Crippen LogP contribution is 2.34. The maximum Gasteiger partial charge on any atom is 0.101 e. The number of nitriles is 2. The first-order valence-corrected chi connectivity index (χ1v) is 11.2. The highest BCUT2D eigenvalue weighted by molar-refractivity contribution is 5.97. The summed E-state index contributed by atoms with van der Waals surface area (Å²) in [5.74, 6) is 0. The third-order valence-corrected chi connectivity index (χ3v) is 6.17. The Labute approximate surface area is 203 Å². The number of nitrogens with one attached hydrogen (secondary N) is 1. The number of fused-ring (bicyclic) bond motifs is 1. The first-order valence-electron chi connectivity index (χ1n) is 11.2. The average Bonchev–Trinajstić information content (AvgIpc) is 3.34. The molecule has 35 heavy (non-hydrogen) atoms. The van der Waals surface area contributed by atoms with Gasteiger partial charge >= 0.3 is 0 Å². The highest BCUT2D eigenvalue weighted by atomic mass is 15.1. The predicted octanol–water partition coefficient (Wildman–Crippen LogP) is 5.26. The number of benzene rings is 3. The summed E-state index contributed by atoms with van der Waals surface area (Å²) < 4.78 is 1.99. The number of aromatic nitrogens is 3. The molecule has 0 saturated carbocycles. The van der Waals surface area contributed by atoms with Crippen molar-refractivity contribution in [2.45, 2.75) is 12.6 Å². The zero-order chi connectivity index (χ0) is 24.2. The van der Waals surface area contributed by atoms with Gasteiger partial charge in [-0.05, 0) is 46.2 Å². The Morgan fingerprint density at radius 3 is 2.51 bits per heavy atom. The van der Waals surface area contributed by atoms with E-state index in [9.17, 15) is 5.26 Å². The van der Waals surface area contributed by atoms with Gasteiger partial charge in [0.25, 0.3) is 0 Å². The van der Waals surface area contributed by atoms with Gasteiger partial charge < -0.3 is 4.57 Å². The van der Waals surface area contributed by atoms with Crippen molar-refractivity contribution in [3.63, 3.8) is 0 Å². The van der Waals surface area contributed by atoms with Crippen LogP contribution in [0.15, 0.2) is 91.5 Å². The summed E-state index contributed by atoms with van der Waals surface area (Å²) in [5.41, 5.74) is 5.92. The molecule has 0 bridgehead atoms. The van der Waals surface area contributed by atoms with E-state index in [1.54, 1.807) is 18.6 Å². The van der Waals surface area contributed by atoms with Crippen LogP contribution in [0.3, 0.4) is 0 Å². The maximum atomic E-state index is 9.89. The fourth-order valence-corrected chi connectivity index (χ4v) is 4.36. The van der Waals surface area contributed by atoms with Crippen molar-refractivity contribution < 1.29 is 0 Å². The first kappa shape index (κ1) is 22.0. The minimum atomic E-state index is -0.179. The second-order valence-electron chi connectivity index (χ2n) is 8.34.